The summed E-state index contributed by atoms with van der Waals surface area (Å²) in [6.45, 7) is 4.10. The summed E-state index contributed by atoms with van der Waals surface area (Å²) in [5.41, 5.74) is -0.694. The van der Waals surface area contributed by atoms with Crippen LogP contribution < -0.4 is 5.32 Å². The van der Waals surface area contributed by atoms with Gasteiger partial charge in [0.05, 0.1) is 25.2 Å². The molecule has 4 heterocycles. The Bertz CT molecular complexity index is 1220. The maximum Gasteiger partial charge on any atom is 0.313 e. The Kier molecular flexibility index (Phi) is 8.60. The van der Waals surface area contributed by atoms with Gasteiger partial charge in [-0.2, -0.15) is 0 Å². The van der Waals surface area contributed by atoms with Crippen LogP contribution in [-0.4, -0.2) is 88.6 Å². The highest BCUT2D eigenvalue weighted by Crippen LogP contribution is 2.53. The maximum atomic E-state index is 14.2. The van der Waals surface area contributed by atoms with E-state index in [-0.39, 0.29) is 44.0 Å². The number of aliphatic hydroxyl groups excluding tert-OH is 1. The van der Waals surface area contributed by atoms with Gasteiger partial charge in [-0.15, -0.1) is 0 Å². The Balaban J connectivity index is 1.57. The summed E-state index contributed by atoms with van der Waals surface area (Å²) in [4.78, 5) is 57.9. The van der Waals surface area contributed by atoms with Crippen LogP contribution in [0.4, 0.5) is 0 Å². The Labute approximate surface area is 240 Å². The van der Waals surface area contributed by atoms with Crippen molar-refractivity contribution in [3.8, 4) is 0 Å². The Morgan fingerprint density at radius 3 is 2.63 bits per heavy atom. The van der Waals surface area contributed by atoms with Crippen molar-refractivity contribution in [2.75, 3.05) is 26.2 Å². The molecule has 0 aromatic heterocycles. The van der Waals surface area contributed by atoms with Gasteiger partial charge in [-0.3, -0.25) is 19.2 Å². The molecule has 10 heteroatoms. The molecule has 2 N–H and O–H groups in total. The number of carbonyl (C=O) groups is 4. The number of likely N-dealkylation sites (tertiary alicyclic amines) is 1. The maximum absolute atomic E-state index is 14.2. The van der Waals surface area contributed by atoms with Gasteiger partial charge >= 0.3 is 5.97 Å². The molecule has 10 nitrogen and oxygen atoms in total. The molecular formula is C31H39N3O7. The van der Waals surface area contributed by atoms with Crippen LogP contribution in [0.2, 0.25) is 0 Å². The van der Waals surface area contributed by atoms with Crippen LogP contribution in [0.3, 0.4) is 0 Å². The van der Waals surface area contributed by atoms with E-state index >= 15 is 0 Å². The molecule has 0 saturated carbocycles. The highest BCUT2D eigenvalue weighted by Gasteiger charge is 2.71. The number of allylic oxidation sites excluding steroid dienone is 1. The summed E-state index contributed by atoms with van der Waals surface area (Å²) in [7, 11) is 0. The summed E-state index contributed by atoms with van der Waals surface area (Å²) in [6, 6.07) is 8.05. The fourth-order valence-electron chi connectivity index (χ4n) is 6.74. The van der Waals surface area contributed by atoms with Crippen LogP contribution in [0, 0.1) is 11.8 Å². The van der Waals surface area contributed by atoms with Gasteiger partial charge in [0.1, 0.15) is 23.7 Å². The minimum absolute atomic E-state index is 0.0539. The summed E-state index contributed by atoms with van der Waals surface area (Å²) < 4.78 is 12.7. The predicted molar refractivity (Wildman–Crippen MR) is 149 cm³/mol. The average Bonchev–Trinajstić information content (AvgIpc) is 3.33. The third kappa shape index (κ3) is 5.30. The van der Waals surface area contributed by atoms with E-state index in [1.54, 1.807) is 23.1 Å². The number of aliphatic hydroxyl groups is 1. The second-order valence-corrected chi connectivity index (χ2v) is 11.2. The second-order valence-electron chi connectivity index (χ2n) is 11.2. The third-order valence-corrected chi connectivity index (χ3v) is 8.65. The zero-order valence-electron chi connectivity index (χ0n) is 23.6. The molecule has 2 saturated heterocycles. The van der Waals surface area contributed by atoms with Gasteiger partial charge in [0.2, 0.25) is 17.7 Å². The molecule has 1 aromatic rings. The fourth-order valence-corrected chi connectivity index (χ4v) is 6.74. The molecule has 41 heavy (non-hydrogen) atoms. The van der Waals surface area contributed by atoms with Crippen LogP contribution in [-0.2, 0) is 28.7 Å². The van der Waals surface area contributed by atoms with Gasteiger partial charge in [-0.05, 0) is 25.3 Å². The van der Waals surface area contributed by atoms with Crippen molar-refractivity contribution in [2.45, 2.75) is 69.4 Å². The van der Waals surface area contributed by atoms with Crippen LogP contribution >= 0.6 is 0 Å². The number of β-amino-alcohol motifs (C(OH)–C–C–N with tert-alkyl or cyclic N) is 1. The number of nitrogens with zero attached hydrogens (tertiary/aromatic N) is 2. The highest BCUT2D eigenvalue weighted by atomic mass is 16.6. The number of ether oxygens (including phenoxy) is 2. The lowest BCUT2D eigenvalue weighted by Crippen LogP contribution is -2.57. The lowest BCUT2D eigenvalue weighted by molar-refractivity contribution is -0.160. The van der Waals surface area contributed by atoms with Crippen LogP contribution in [0.5, 0.6) is 0 Å². The number of benzene rings is 1. The van der Waals surface area contributed by atoms with Gasteiger partial charge in [-0.25, -0.2) is 0 Å². The zero-order valence-corrected chi connectivity index (χ0v) is 23.6. The Morgan fingerprint density at radius 1 is 1.12 bits per heavy atom. The topological polar surface area (TPSA) is 125 Å². The molecule has 1 unspecified atom stereocenters. The summed E-state index contributed by atoms with van der Waals surface area (Å²) >= 11 is 0. The monoisotopic (exact) mass is 565 g/mol. The van der Waals surface area contributed by atoms with E-state index in [9.17, 15) is 24.3 Å². The molecule has 0 aliphatic carbocycles. The zero-order chi connectivity index (χ0) is 29.1. The minimum Gasteiger partial charge on any atom is -0.455 e. The first-order valence-electron chi connectivity index (χ1n) is 14.6. The van der Waals surface area contributed by atoms with Gasteiger partial charge < -0.3 is 29.7 Å². The van der Waals surface area contributed by atoms with Crippen molar-refractivity contribution >= 4 is 23.7 Å². The molecule has 1 spiro atoms. The smallest absolute Gasteiger partial charge is 0.313 e. The molecule has 1 aromatic carbocycles. The summed E-state index contributed by atoms with van der Waals surface area (Å²) in [5, 5.41) is 12.7. The number of carbonyl (C=O) groups excluding carboxylic acids is 4. The normalized spacial score (nSPS) is 33.5. The van der Waals surface area contributed by atoms with Crippen LogP contribution in [0.1, 0.15) is 51.2 Å². The minimum atomic E-state index is -1.40. The molecule has 2 fully saturated rings. The number of esters is 1. The lowest BCUT2D eigenvalue weighted by Gasteiger charge is -2.37. The molecule has 5 rings (SSSR count). The van der Waals surface area contributed by atoms with Gasteiger partial charge in [0, 0.05) is 25.6 Å². The SMILES string of the molecule is CCCC(C)N1CC=C[C@@]23O[C@H]4/C=C\CCC(=O)NC[C@H](c5ccccc5)OC(=O)[C@H]4[C@@H]2C(=O)N(CCO)[C@H]3C1=O. The Hall–Kier alpha value is -3.50. The van der Waals surface area contributed by atoms with E-state index in [0.29, 0.717) is 18.5 Å². The average molecular weight is 566 g/mol. The van der Waals surface area contributed by atoms with E-state index in [0.717, 1.165) is 12.8 Å². The first-order chi connectivity index (χ1) is 19.8. The van der Waals surface area contributed by atoms with Crippen molar-refractivity contribution in [3.63, 3.8) is 0 Å². The molecule has 3 amide bonds. The molecule has 4 aliphatic heterocycles. The van der Waals surface area contributed by atoms with Gasteiger partial charge in [0.25, 0.3) is 0 Å². The molecule has 220 valence electrons. The summed E-state index contributed by atoms with van der Waals surface area (Å²) in [5.74, 6) is -3.52. The van der Waals surface area contributed by atoms with Gasteiger partial charge in [0.15, 0.2) is 0 Å². The number of cyclic esters (lactones) is 1. The van der Waals surface area contributed by atoms with Crippen molar-refractivity contribution in [1.82, 2.24) is 15.1 Å². The number of hydrogen-bond acceptors (Lipinski definition) is 7. The van der Waals surface area contributed by atoms with E-state index in [2.05, 4.69) is 12.2 Å². The Morgan fingerprint density at radius 2 is 1.90 bits per heavy atom. The largest absolute Gasteiger partial charge is 0.455 e. The van der Waals surface area contributed by atoms with Crippen LogP contribution in [0.25, 0.3) is 0 Å². The van der Waals surface area contributed by atoms with Crippen molar-refractivity contribution < 1.29 is 33.8 Å². The lowest BCUT2D eigenvalue weighted by atomic mass is 9.77. The fraction of sp³-hybridized carbons (Fsp3) is 0.548. The molecule has 7 atom stereocenters. The van der Waals surface area contributed by atoms with Crippen LogP contribution in [0.15, 0.2) is 54.6 Å². The van der Waals surface area contributed by atoms with E-state index in [1.165, 1.54) is 4.90 Å². The number of hydrogen-bond donors (Lipinski definition) is 2. The summed E-state index contributed by atoms with van der Waals surface area (Å²) in [6.07, 6.45) is 7.87. The molecule has 0 bridgehead atoms. The molecule has 4 aliphatic rings. The number of amides is 3. The number of fused-ring (bicyclic) bond motifs is 2. The standard InChI is InChI=1S/C31H39N3O7/c1-3-10-20(2)33-16-9-15-31-26(28(37)34(17-18-35)27(31)29(33)38)25-22(41-31)13-7-8-14-24(36)32-19-23(40-30(25)39)21-11-5-4-6-12-21/h4-7,9,11-13,15,20,22-23,25-27,35H,3,8,10,14,16-19H2,1-2H3,(H,32,36)/b13-7-/t20?,22-,23+,25+,26+,27-,31+/m0/s1. The number of rotatable bonds is 6. The molecular weight excluding hydrogens is 526 g/mol. The van der Waals surface area contributed by atoms with Crippen molar-refractivity contribution in [2.24, 2.45) is 11.8 Å². The van der Waals surface area contributed by atoms with E-state index in [1.807, 2.05) is 43.3 Å². The first-order valence-corrected chi connectivity index (χ1v) is 14.6. The van der Waals surface area contributed by atoms with Crippen molar-refractivity contribution in [1.29, 1.82) is 0 Å². The predicted octanol–water partition coefficient (Wildman–Crippen LogP) is 1.90. The molecule has 0 radical (unpaired) electrons. The second kappa shape index (κ2) is 12.2. The van der Waals surface area contributed by atoms with E-state index < -0.39 is 47.6 Å². The third-order valence-electron chi connectivity index (χ3n) is 8.65. The van der Waals surface area contributed by atoms with Gasteiger partial charge in [-0.1, -0.05) is 68.0 Å². The van der Waals surface area contributed by atoms with E-state index in [4.69, 9.17) is 9.47 Å². The van der Waals surface area contributed by atoms with Crippen molar-refractivity contribution in [3.05, 3.63) is 60.2 Å². The first kappa shape index (κ1) is 29.0. The highest BCUT2D eigenvalue weighted by molar-refractivity contribution is 5.99. The quantitative estimate of drug-likeness (QED) is 0.399. The number of nitrogens with one attached hydrogen (secondary N) is 1.